The molecule has 0 aromatic rings. The first kappa shape index (κ1) is 15.9. The molecule has 19 heavy (non-hydrogen) atoms. The number of likely N-dealkylation sites (tertiary alicyclic amines) is 1. The van der Waals surface area contributed by atoms with Crippen LogP contribution in [0.1, 0.15) is 19.3 Å². The molecular formula is C13H25N3O3. The first-order valence-electron chi connectivity index (χ1n) is 6.85. The van der Waals surface area contributed by atoms with Gasteiger partial charge in [-0.15, -0.1) is 0 Å². The second-order valence-electron chi connectivity index (χ2n) is 5.35. The molecule has 1 fully saturated rings. The molecule has 0 aromatic carbocycles. The van der Waals surface area contributed by atoms with Crippen molar-refractivity contribution in [1.82, 2.24) is 14.7 Å². The molecule has 0 radical (unpaired) electrons. The molecule has 1 aliphatic heterocycles. The number of rotatable bonds is 7. The Balaban J connectivity index is 2.44. The number of hydrogen-bond donors (Lipinski definition) is 1. The third-order valence-corrected chi connectivity index (χ3v) is 3.29. The van der Waals surface area contributed by atoms with E-state index in [1.165, 1.54) is 6.42 Å². The lowest BCUT2D eigenvalue weighted by atomic mass is 10.1. The van der Waals surface area contributed by atoms with Crippen LogP contribution < -0.4 is 0 Å². The molecule has 6 nitrogen and oxygen atoms in total. The molecule has 1 N–H and O–H groups in total. The van der Waals surface area contributed by atoms with E-state index in [2.05, 4.69) is 0 Å². The Bertz CT molecular complexity index is 302. The van der Waals surface area contributed by atoms with Gasteiger partial charge in [0.25, 0.3) is 0 Å². The predicted molar refractivity (Wildman–Crippen MR) is 73.1 cm³/mol. The van der Waals surface area contributed by atoms with Crippen molar-refractivity contribution in [2.45, 2.75) is 19.3 Å². The number of likely N-dealkylation sites (N-methyl/N-ethyl adjacent to an activating group) is 1. The third-order valence-electron chi connectivity index (χ3n) is 3.29. The maximum Gasteiger partial charge on any atom is 0.317 e. The number of hydrogen-bond acceptors (Lipinski definition) is 4. The van der Waals surface area contributed by atoms with E-state index in [1.54, 1.807) is 4.90 Å². The van der Waals surface area contributed by atoms with Crippen LogP contribution in [0.25, 0.3) is 0 Å². The number of aliphatic carboxylic acids is 1. The average molecular weight is 271 g/mol. The molecule has 0 bridgehead atoms. The van der Waals surface area contributed by atoms with Crippen LogP contribution >= 0.6 is 0 Å². The Labute approximate surface area is 115 Å². The fourth-order valence-electron chi connectivity index (χ4n) is 2.18. The van der Waals surface area contributed by atoms with Crippen molar-refractivity contribution < 1.29 is 14.7 Å². The van der Waals surface area contributed by atoms with E-state index in [1.807, 2.05) is 23.9 Å². The Hall–Kier alpha value is -1.14. The second-order valence-corrected chi connectivity index (χ2v) is 5.35. The molecule has 1 amide bonds. The smallest absolute Gasteiger partial charge is 0.317 e. The molecule has 1 aliphatic rings. The highest BCUT2D eigenvalue weighted by Gasteiger charge is 2.20. The van der Waals surface area contributed by atoms with Gasteiger partial charge in [0, 0.05) is 26.2 Å². The van der Waals surface area contributed by atoms with Crippen LogP contribution in [0.2, 0.25) is 0 Å². The fraction of sp³-hybridized carbons (Fsp3) is 0.846. The lowest BCUT2D eigenvalue weighted by molar-refractivity contribution is -0.140. The summed E-state index contributed by atoms with van der Waals surface area (Å²) in [7, 11) is 3.87. The number of amides is 1. The van der Waals surface area contributed by atoms with Crippen LogP contribution in [0.4, 0.5) is 0 Å². The Kier molecular flexibility index (Phi) is 6.80. The van der Waals surface area contributed by atoms with Crippen molar-refractivity contribution in [2.24, 2.45) is 0 Å². The van der Waals surface area contributed by atoms with E-state index < -0.39 is 5.97 Å². The molecule has 0 atom stereocenters. The molecule has 0 spiro atoms. The van der Waals surface area contributed by atoms with Gasteiger partial charge < -0.3 is 14.9 Å². The monoisotopic (exact) mass is 271 g/mol. The van der Waals surface area contributed by atoms with E-state index in [-0.39, 0.29) is 19.0 Å². The largest absolute Gasteiger partial charge is 0.480 e. The van der Waals surface area contributed by atoms with E-state index in [0.717, 1.165) is 32.5 Å². The van der Waals surface area contributed by atoms with E-state index in [4.69, 9.17) is 5.11 Å². The summed E-state index contributed by atoms with van der Waals surface area (Å²) >= 11 is 0. The summed E-state index contributed by atoms with van der Waals surface area (Å²) in [5.41, 5.74) is 0. The van der Waals surface area contributed by atoms with Crippen molar-refractivity contribution in [3.63, 3.8) is 0 Å². The highest BCUT2D eigenvalue weighted by atomic mass is 16.4. The van der Waals surface area contributed by atoms with Gasteiger partial charge in [0.15, 0.2) is 0 Å². The van der Waals surface area contributed by atoms with Crippen molar-refractivity contribution >= 4 is 11.9 Å². The summed E-state index contributed by atoms with van der Waals surface area (Å²) in [6.07, 6.45) is 3.30. The molecule has 0 aliphatic carbocycles. The average Bonchev–Trinajstić information content (AvgIpc) is 2.36. The molecule has 0 unspecified atom stereocenters. The normalized spacial score (nSPS) is 16.1. The van der Waals surface area contributed by atoms with Crippen LogP contribution in [-0.2, 0) is 9.59 Å². The van der Waals surface area contributed by atoms with Gasteiger partial charge in [0.2, 0.25) is 5.91 Å². The van der Waals surface area contributed by atoms with Crippen LogP contribution in [-0.4, -0.2) is 85.0 Å². The van der Waals surface area contributed by atoms with Gasteiger partial charge in [-0.25, -0.2) is 0 Å². The number of carboxylic acid groups (broad SMARTS) is 1. The molecule has 6 heteroatoms. The zero-order chi connectivity index (χ0) is 14.3. The summed E-state index contributed by atoms with van der Waals surface area (Å²) < 4.78 is 0. The lowest BCUT2D eigenvalue weighted by Gasteiger charge is -2.29. The Morgan fingerprint density at radius 2 is 1.68 bits per heavy atom. The standard InChI is InChI=1S/C13H25N3O3/c1-14(2)8-9-15(11-13(18)19)10-12(17)16-6-4-3-5-7-16/h3-11H2,1-2H3,(H,18,19). The predicted octanol–water partition coefficient (Wildman–Crippen LogP) is -0.0529. The maximum atomic E-state index is 12.1. The maximum absolute atomic E-state index is 12.1. The first-order valence-corrected chi connectivity index (χ1v) is 6.85. The van der Waals surface area contributed by atoms with Crippen LogP contribution in [0, 0.1) is 0 Å². The molecule has 1 heterocycles. The molecular weight excluding hydrogens is 246 g/mol. The van der Waals surface area contributed by atoms with Crippen molar-refractivity contribution in [2.75, 3.05) is 53.4 Å². The Morgan fingerprint density at radius 1 is 1.05 bits per heavy atom. The van der Waals surface area contributed by atoms with Crippen LogP contribution in [0.15, 0.2) is 0 Å². The SMILES string of the molecule is CN(C)CCN(CC(=O)O)CC(=O)N1CCCCC1. The highest BCUT2D eigenvalue weighted by Crippen LogP contribution is 2.09. The Morgan fingerprint density at radius 3 is 2.21 bits per heavy atom. The van der Waals surface area contributed by atoms with E-state index in [0.29, 0.717) is 6.54 Å². The lowest BCUT2D eigenvalue weighted by Crippen LogP contribution is -2.45. The van der Waals surface area contributed by atoms with Crippen LogP contribution in [0.5, 0.6) is 0 Å². The minimum atomic E-state index is -0.884. The van der Waals surface area contributed by atoms with E-state index >= 15 is 0 Å². The minimum Gasteiger partial charge on any atom is -0.480 e. The molecule has 110 valence electrons. The van der Waals surface area contributed by atoms with E-state index in [9.17, 15) is 9.59 Å². The van der Waals surface area contributed by atoms with Gasteiger partial charge in [0.05, 0.1) is 13.1 Å². The fourth-order valence-corrected chi connectivity index (χ4v) is 2.18. The molecule has 0 aromatic heterocycles. The zero-order valence-corrected chi connectivity index (χ0v) is 12.0. The summed E-state index contributed by atoms with van der Waals surface area (Å²) in [6, 6.07) is 0. The van der Waals surface area contributed by atoms with Crippen LogP contribution in [0.3, 0.4) is 0 Å². The van der Waals surface area contributed by atoms with Crippen molar-refractivity contribution in [3.8, 4) is 0 Å². The van der Waals surface area contributed by atoms with Gasteiger partial charge in [-0.2, -0.15) is 0 Å². The molecule has 1 saturated heterocycles. The second kappa shape index (κ2) is 8.12. The topological polar surface area (TPSA) is 64.1 Å². The summed E-state index contributed by atoms with van der Waals surface area (Å²) in [5, 5.41) is 8.89. The minimum absolute atomic E-state index is 0.0553. The first-order chi connectivity index (χ1) is 8.99. The summed E-state index contributed by atoms with van der Waals surface area (Å²) in [5.74, 6) is -0.829. The van der Waals surface area contributed by atoms with Gasteiger partial charge in [0.1, 0.15) is 0 Å². The molecule has 1 rings (SSSR count). The molecule has 0 saturated carbocycles. The number of carbonyl (C=O) groups excluding carboxylic acids is 1. The highest BCUT2D eigenvalue weighted by molar-refractivity contribution is 5.79. The summed E-state index contributed by atoms with van der Waals surface area (Å²) in [4.78, 5) is 28.5. The van der Waals surface area contributed by atoms with Gasteiger partial charge in [-0.1, -0.05) is 0 Å². The number of carbonyl (C=O) groups is 2. The quantitative estimate of drug-likeness (QED) is 0.703. The number of nitrogens with zero attached hydrogens (tertiary/aromatic N) is 3. The zero-order valence-electron chi connectivity index (χ0n) is 12.0. The van der Waals surface area contributed by atoms with Gasteiger partial charge >= 0.3 is 5.97 Å². The van der Waals surface area contributed by atoms with Gasteiger partial charge in [-0.3, -0.25) is 14.5 Å². The van der Waals surface area contributed by atoms with Crippen molar-refractivity contribution in [3.05, 3.63) is 0 Å². The van der Waals surface area contributed by atoms with Crippen molar-refractivity contribution in [1.29, 1.82) is 0 Å². The number of piperidine rings is 1. The summed E-state index contributed by atoms with van der Waals surface area (Å²) in [6.45, 7) is 3.11. The number of carboxylic acids is 1. The third kappa shape index (κ3) is 6.54. The van der Waals surface area contributed by atoms with Gasteiger partial charge in [-0.05, 0) is 33.4 Å².